The van der Waals surface area contributed by atoms with Crippen molar-refractivity contribution < 1.29 is 4.74 Å². The normalized spacial score (nSPS) is 10.3. The number of hydrogen-bond acceptors (Lipinski definition) is 8. The van der Waals surface area contributed by atoms with Crippen molar-refractivity contribution in [1.82, 2.24) is 15.0 Å². The molecule has 90 valence electrons. The van der Waals surface area contributed by atoms with Crippen LogP contribution in [-0.2, 0) is 0 Å². The largest absolute Gasteiger partial charge is 0.490 e. The average molecular weight is 269 g/mol. The smallest absolute Gasteiger partial charge is 0.195 e. The Morgan fingerprint density at radius 3 is 2.88 bits per heavy atom. The molecule has 0 saturated carbocycles. The van der Waals surface area contributed by atoms with Gasteiger partial charge in [0, 0.05) is 11.1 Å². The maximum atomic E-state index is 5.35. The molecular weight excluding hydrogens is 258 g/mol. The molecule has 17 heavy (non-hydrogen) atoms. The molecule has 3 N–H and O–H groups in total. The van der Waals surface area contributed by atoms with E-state index in [1.165, 1.54) is 18.1 Å². The molecule has 0 aliphatic rings. The molecule has 0 aliphatic carbocycles. The van der Waals surface area contributed by atoms with E-state index < -0.39 is 0 Å². The first-order chi connectivity index (χ1) is 8.24. The molecule has 8 heteroatoms. The number of nitrogen functional groups attached to an aromatic ring is 1. The highest BCUT2D eigenvalue weighted by molar-refractivity contribution is 8.01. The number of ether oxygens (including phenoxy) is 1. The van der Waals surface area contributed by atoms with E-state index in [4.69, 9.17) is 10.6 Å². The molecule has 2 aromatic heterocycles. The first-order valence-electron chi connectivity index (χ1n) is 4.70. The number of aromatic nitrogens is 3. The highest BCUT2D eigenvalue weighted by Gasteiger charge is 2.14. The quantitative estimate of drug-likeness (QED) is 0.496. The predicted octanol–water partition coefficient (Wildman–Crippen LogP) is 1.69. The summed E-state index contributed by atoms with van der Waals surface area (Å²) in [7, 11) is 1.55. The summed E-state index contributed by atoms with van der Waals surface area (Å²) in [6.45, 7) is 1.95. The summed E-state index contributed by atoms with van der Waals surface area (Å²) in [6.07, 6.45) is 1.43. The minimum Gasteiger partial charge on any atom is -0.490 e. The lowest BCUT2D eigenvalue weighted by Gasteiger charge is -2.08. The van der Waals surface area contributed by atoms with Gasteiger partial charge in [-0.3, -0.25) is 0 Å². The summed E-state index contributed by atoms with van der Waals surface area (Å²) in [6, 6.07) is 0. The van der Waals surface area contributed by atoms with Crippen molar-refractivity contribution in [2.45, 2.75) is 16.3 Å². The number of nitrogens with one attached hydrogen (secondary N) is 1. The zero-order valence-corrected chi connectivity index (χ0v) is 10.9. The van der Waals surface area contributed by atoms with E-state index >= 15 is 0 Å². The fourth-order valence-corrected chi connectivity index (χ4v) is 3.00. The van der Waals surface area contributed by atoms with Gasteiger partial charge in [0.2, 0.25) is 0 Å². The van der Waals surface area contributed by atoms with E-state index in [2.05, 4.69) is 20.4 Å². The monoisotopic (exact) mass is 269 g/mol. The van der Waals surface area contributed by atoms with Gasteiger partial charge in [-0.15, -0.1) is 11.3 Å². The molecule has 2 aromatic rings. The molecule has 0 amide bonds. The number of hydrogen-bond donors (Lipinski definition) is 2. The van der Waals surface area contributed by atoms with Gasteiger partial charge in [-0.1, -0.05) is 0 Å². The Morgan fingerprint density at radius 1 is 1.47 bits per heavy atom. The van der Waals surface area contributed by atoms with Gasteiger partial charge in [0.05, 0.1) is 7.11 Å². The summed E-state index contributed by atoms with van der Waals surface area (Å²) in [5.41, 5.74) is 3.46. The summed E-state index contributed by atoms with van der Waals surface area (Å²) in [5, 5.41) is 2.67. The summed E-state index contributed by atoms with van der Waals surface area (Å²) < 4.78 is 6.14. The third kappa shape index (κ3) is 2.65. The second kappa shape index (κ2) is 5.30. The number of thiazole rings is 1. The van der Waals surface area contributed by atoms with Crippen LogP contribution in [0.15, 0.2) is 21.1 Å². The van der Waals surface area contributed by atoms with Gasteiger partial charge in [-0.25, -0.2) is 20.8 Å². The molecule has 0 aromatic carbocycles. The molecule has 0 radical (unpaired) electrons. The fourth-order valence-electron chi connectivity index (χ4n) is 1.18. The highest BCUT2D eigenvalue weighted by Crippen LogP contribution is 2.37. The van der Waals surface area contributed by atoms with Gasteiger partial charge in [-0.05, 0) is 18.7 Å². The van der Waals surface area contributed by atoms with E-state index in [1.807, 2.05) is 12.3 Å². The van der Waals surface area contributed by atoms with Crippen LogP contribution in [0.5, 0.6) is 5.75 Å². The van der Waals surface area contributed by atoms with Crippen molar-refractivity contribution >= 4 is 28.9 Å². The minimum atomic E-state index is 0.457. The van der Waals surface area contributed by atoms with Gasteiger partial charge in [0.1, 0.15) is 6.33 Å². The Labute approximate surface area is 107 Å². The minimum absolute atomic E-state index is 0.457. The van der Waals surface area contributed by atoms with Crippen LogP contribution in [0.2, 0.25) is 0 Å². The van der Waals surface area contributed by atoms with Gasteiger partial charge >= 0.3 is 0 Å². The summed E-state index contributed by atoms with van der Waals surface area (Å²) in [4.78, 5) is 12.5. The van der Waals surface area contributed by atoms with Crippen LogP contribution >= 0.6 is 23.1 Å². The lowest BCUT2D eigenvalue weighted by atomic mass is 10.5. The van der Waals surface area contributed by atoms with Gasteiger partial charge in [-0.2, -0.15) is 0 Å². The second-order valence-corrected chi connectivity index (χ2v) is 5.16. The summed E-state index contributed by atoms with van der Waals surface area (Å²) >= 11 is 2.99. The van der Waals surface area contributed by atoms with Crippen LogP contribution in [0.3, 0.4) is 0 Å². The number of anilines is 1. The fraction of sp³-hybridized carbons (Fsp3) is 0.222. The number of methoxy groups -OCH3 is 1. The number of nitrogens with two attached hydrogens (primary N) is 1. The lowest BCUT2D eigenvalue weighted by molar-refractivity contribution is 0.400. The Bertz CT molecular complexity index is 516. The van der Waals surface area contributed by atoms with Crippen LogP contribution in [-0.4, -0.2) is 22.1 Å². The Kier molecular flexibility index (Phi) is 3.77. The lowest BCUT2D eigenvalue weighted by Crippen LogP contribution is -2.10. The molecule has 0 unspecified atom stereocenters. The Balaban J connectivity index is 2.32. The number of rotatable bonds is 4. The molecule has 0 spiro atoms. The van der Waals surface area contributed by atoms with Crippen molar-refractivity contribution in [2.24, 2.45) is 5.84 Å². The van der Waals surface area contributed by atoms with E-state index in [-0.39, 0.29) is 0 Å². The van der Waals surface area contributed by atoms with Crippen molar-refractivity contribution in [1.29, 1.82) is 0 Å². The van der Waals surface area contributed by atoms with Crippen LogP contribution in [0.4, 0.5) is 5.82 Å². The van der Waals surface area contributed by atoms with Crippen LogP contribution < -0.4 is 16.0 Å². The maximum Gasteiger partial charge on any atom is 0.195 e. The van der Waals surface area contributed by atoms with Crippen molar-refractivity contribution in [3.63, 3.8) is 0 Å². The highest BCUT2D eigenvalue weighted by atomic mass is 32.2. The van der Waals surface area contributed by atoms with Crippen molar-refractivity contribution in [3.05, 3.63) is 17.4 Å². The molecule has 2 heterocycles. The average Bonchev–Trinajstić information content (AvgIpc) is 2.74. The Hall–Kier alpha value is -1.38. The van der Waals surface area contributed by atoms with Gasteiger partial charge < -0.3 is 10.2 Å². The van der Waals surface area contributed by atoms with Crippen LogP contribution in [0.25, 0.3) is 0 Å². The van der Waals surface area contributed by atoms with Crippen LogP contribution in [0, 0.1) is 6.92 Å². The van der Waals surface area contributed by atoms with E-state index in [0.717, 1.165) is 10.0 Å². The third-order valence-electron chi connectivity index (χ3n) is 1.89. The predicted molar refractivity (Wildman–Crippen MR) is 67.4 cm³/mol. The third-order valence-corrected chi connectivity index (χ3v) is 3.93. The molecular formula is C9H11N5OS2. The molecule has 0 saturated heterocycles. The van der Waals surface area contributed by atoms with E-state index in [1.54, 1.807) is 18.4 Å². The van der Waals surface area contributed by atoms with E-state index in [9.17, 15) is 0 Å². The van der Waals surface area contributed by atoms with Gasteiger partial charge in [0.15, 0.2) is 20.9 Å². The van der Waals surface area contributed by atoms with Crippen molar-refractivity contribution in [3.8, 4) is 5.75 Å². The van der Waals surface area contributed by atoms with Crippen LogP contribution in [0.1, 0.15) is 5.69 Å². The Morgan fingerprint density at radius 2 is 2.29 bits per heavy atom. The number of nitrogens with zero attached hydrogens (tertiary/aromatic N) is 3. The molecule has 0 atom stereocenters. The number of aryl methyl sites for hydroxylation is 1. The first-order valence-corrected chi connectivity index (χ1v) is 6.39. The summed E-state index contributed by atoms with van der Waals surface area (Å²) in [5.74, 6) is 6.33. The van der Waals surface area contributed by atoms with E-state index in [0.29, 0.717) is 16.6 Å². The van der Waals surface area contributed by atoms with Gasteiger partial charge in [0.25, 0.3) is 0 Å². The molecule has 6 nitrogen and oxygen atoms in total. The maximum absolute atomic E-state index is 5.35. The SMILES string of the molecule is COc1c(NN)ncnc1Sc1nc(C)cs1. The molecule has 2 rings (SSSR count). The zero-order valence-electron chi connectivity index (χ0n) is 9.30. The second-order valence-electron chi connectivity index (χ2n) is 3.06. The zero-order chi connectivity index (χ0) is 12.3. The van der Waals surface area contributed by atoms with Crippen molar-refractivity contribution in [2.75, 3.05) is 12.5 Å². The number of hydrazine groups is 1. The standard InChI is InChI=1S/C9H11N5OS2/c1-5-3-16-9(13-5)17-8-6(15-2)7(14-10)11-4-12-8/h3-4H,10H2,1-2H3,(H,11,12,14). The topological polar surface area (TPSA) is 86.0 Å². The first kappa shape index (κ1) is 12.1. The molecule has 0 bridgehead atoms. The molecule has 0 fully saturated rings. The molecule has 0 aliphatic heterocycles.